The zero-order chi connectivity index (χ0) is 17.1. The maximum absolute atomic E-state index is 12.5. The lowest BCUT2D eigenvalue weighted by Crippen LogP contribution is -2.53. The number of anilines is 1. The number of hydrogen-bond acceptors (Lipinski definition) is 4. The smallest absolute Gasteiger partial charge is 0.236 e. The summed E-state index contributed by atoms with van der Waals surface area (Å²) < 4.78 is 0. The first-order valence-corrected chi connectivity index (χ1v) is 9.04. The van der Waals surface area contributed by atoms with Gasteiger partial charge in [0.25, 0.3) is 0 Å². The van der Waals surface area contributed by atoms with Gasteiger partial charge in [-0.2, -0.15) is 0 Å². The fourth-order valence-electron chi connectivity index (χ4n) is 3.57. The largest absolute Gasteiger partial charge is 0.369 e. The van der Waals surface area contributed by atoms with Gasteiger partial charge in [-0.25, -0.2) is 0 Å². The van der Waals surface area contributed by atoms with Crippen molar-refractivity contribution >= 4 is 11.6 Å². The van der Waals surface area contributed by atoms with Crippen LogP contribution >= 0.6 is 0 Å². The van der Waals surface area contributed by atoms with Crippen molar-refractivity contribution in [2.45, 2.75) is 13.8 Å². The highest BCUT2D eigenvalue weighted by Crippen LogP contribution is 2.23. The van der Waals surface area contributed by atoms with Gasteiger partial charge in [-0.05, 0) is 38.1 Å². The van der Waals surface area contributed by atoms with E-state index in [0.29, 0.717) is 12.5 Å². The summed E-state index contributed by atoms with van der Waals surface area (Å²) in [6, 6.07) is 6.53. The highest BCUT2D eigenvalue weighted by atomic mass is 16.2. The molecule has 5 nitrogen and oxygen atoms in total. The third-order valence-electron chi connectivity index (χ3n) is 5.50. The second-order valence-corrected chi connectivity index (χ2v) is 7.17. The van der Waals surface area contributed by atoms with Crippen LogP contribution in [0.15, 0.2) is 18.2 Å². The zero-order valence-corrected chi connectivity index (χ0v) is 15.3. The normalized spacial score (nSPS) is 20.5. The number of hydrogen-bond donors (Lipinski definition) is 0. The molecule has 132 valence electrons. The van der Waals surface area contributed by atoms with Crippen molar-refractivity contribution in [1.29, 1.82) is 0 Å². The predicted octanol–water partition coefficient (Wildman–Crippen LogP) is 1.20. The van der Waals surface area contributed by atoms with Gasteiger partial charge in [0.05, 0.1) is 6.54 Å². The maximum atomic E-state index is 12.5. The van der Waals surface area contributed by atoms with E-state index in [2.05, 4.69) is 53.8 Å². The van der Waals surface area contributed by atoms with Crippen molar-refractivity contribution in [2.75, 3.05) is 70.9 Å². The van der Waals surface area contributed by atoms with Gasteiger partial charge in [0.15, 0.2) is 0 Å². The maximum Gasteiger partial charge on any atom is 0.236 e. The molecule has 2 fully saturated rings. The highest BCUT2D eigenvalue weighted by molar-refractivity contribution is 5.78. The molecule has 0 radical (unpaired) electrons. The molecule has 0 atom stereocenters. The highest BCUT2D eigenvalue weighted by Gasteiger charge is 2.24. The average Bonchev–Trinajstić information content (AvgIpc) is 2.59. The fraction of sp³-hybridized carbons (Fsp3) is 0.632. The molecule has 1 amide bonds. The monoisotopic (exact) mass is 330 g/mol. The molecule has 2 saturated heterocycles. The van der Waals surface area contributed by atoms with Gasteiger partial charge in [0.2, 0.25) is 5.91 Å². The molecule has 2 heterocycles. The molecule has 3 rings (SSSR count). The Morgan fingerprint density at radius 3 is 2.29 bits per heavy atom. The molecule has 2 aliphatic heterocycles. The van der Waals surface area contributed by atoms with Crippen molar-refractivity contribution in [3.8, 4) is 0 Å². The molecule has 0 bridgehead atoms. The summed E-state index contributed by atoms with van der Waals surface area (Å²) in [7, 11) is 2.12. The molecule has 1 aromatic carbocycles. The van der Waals surface area contributed by atoms with Gasteiger partial charge in [-0.1, -0.05) is 12.1 Å². The Morgan fingerprint density at radius 2 is 1.62 bits per heavy atom. The van der Waals surface area contributed by atoms with Crippen LogP contribution in [0.25, 0.3) is 0 Å². The Balaban J connectivity index is 1.50. The van der Waals surface area contributed by atoms with Crippen LogP contribution in [-0.4, -0.2) is 86.6 Å². The molecule has 1 aromatic rings. The Hall–Kier alpha value is -1.59. The van der Waals surface area contributed by atoms with Crippen molar-refractivity contribution < 1.29 is 4.79 Å². The number of amides is 1. The van der Waals surface area contributed by atoms with Crippen molar-refractivity contribution in [2.24, 2.45) is 0 Å². The van der Waals surface area contributed by atoms with Gasteiger partial charge in [0.1, 0.15) is 0 Å². The SMILES string of the molecule is Cc1cccc(N2CCN(CC(=O)N3CCN(C)CC3)CC2)c1C. The Morgan fingerprint density at radius 1 is 0.958 bits per heavy atom. The van der Waals surface area contributed by atoms with Crippen LogP contribution in [0.1, 0.15) is 11.1 Å². The number of likely N-dealkylation sites (N-methyl/N-ethyl adjacent to an activating group) is 1. The molecule has 0 N–H and O–H groups in total. The fourth-order valence-corrected chi connectivity index (χ4v) is 3.57. The Bertz CT molecular complexity index is 573. The van der Waals surface area contributed by atoms with Crippen molar-refractivity contribution in [3.05, 3.63) is 29.3 Å². The summed E-state index contributed by atoms with van der Waals surface area (Å²) in [5.41, 5.74) is 4.07. The Kier molecular flexibility index (Phi) is 5.41. The van der Waals surface area contributed by atoms with E-state index in [1.54, 1.807) is 0 Å². The van der Waals surface area contributed by atoms with Gasteiger partial charge < -0.3 is 14.7 Å². The quantitative estimate of drug-likeness (QED) is 0.833. The second-order valence-electron chi connectivity index (χ2n) is 7.17. The van der Waals surface area contributed by atoms with Crippen LogP contribution in [0.5, 0.6) is 0 Å². The third-order valence-corrected chi connectivity index (χ3v) is 5.50. The number of benzene rings is 1. The van der Waals surface area contributed by atoms with E-state index in [4.69, 9.17) is 0 Å². The van der Waals surface area contributed by atoms with Gasteiger partial charge in [-0.3, -0.25) is 9.69 Å². The molecule has 0 unspecified atom stereocenters. The van der Waals surface area contributed by atoms with E-state index in [0.717, 1.165) is 52.4 Å². The summed E-state index contributed by atoms with van der Waals surface area (Å²) >= 11 is 0. The molecular weight excluding hydrogens is 300 g/mol. The zero-order valence-electron chi connectivity index (χ0n) is 15.3. The minimum absolute atomic E-state index is 0.295. The Labute approximate surface area is 145 Å². The summed E-state index contributed by atoms with van der Waals surface area (Å²) in [6.07, 6.45) is 0. The lowest BCUT2D eigenvalue weighted by Gasteiger charge is -2.38. The molecular formula is C19H30N4O. The van der Waals surface area contributed by atoms with E-state index < -0.39 is 0 Å². The number of piperazine rings is 2. The third kappa shape index (κ3) is 3.90. The number of carbonyl (C=O) groups excluding carboxylic acids is 1. The lowest BCUT2D eigenvalue weighted by atomic mass is 10.1. The second kappa shape index (κ2) is 7.53. The minimum atomic E-state index is 0.295. The molecule has 24 heavy (non-hydrogen) atoms. The van der Waals surface area contributed by atoms with Crippen LogP contribution in [0, 0.1) is 13.8 Å². The van der Waals surface area contributed by atoms with E-state index in [1.807, 2.05) is 4.90 Å². The number of carbonyl (C=O) groups is 1. The topological polar surface area (TPSA) is 30.0 Å². The first-order chi connectivity index (χ1) is 11.5. The van der Waals surface area contributed by atoms with Crippen LogP contribution < -0.4 is 4.90 Å². The summed E-state index contributed by atoms with van der Waals surface area (Å²) in [5, 5.41) is 0. The summed E-state index contributed by atoms with van der Waals surface area (Å²) in [6.45, 7) is 12.6. The lowest BCUT2D eigenvalue weighted by molar-refractivity contribution is -0.134. The van der Waals surface area contributed by atoms with Crippen LogP contribution in [-0.2, 0) is 4.79 Å². The van der Waals surface area contributed by atoms with E-state index >= 15 is 0 Å². The molecule has 0 aliphatic carbocycles. The molecule has 5 heteroatoms. The predicted molar refractivity (Wildman–Crippen MR) is 98.6 cm³/mol. The number of aryl methyl sites for hydroxylation is 1. The number of nitrogens with zero attached hydrogens (tertiary/aromatic N) is 4. The van der Waals surface area contributed by atoms with Crippen molar-refractivity contribution in [1.82, 2.24) is 14.7 Å². The number of rotatable bonds is 3. The molecule has 2 aliphatic rings. The van der Waals surface area contributed by atoms with E-state index in [1.165, 1.54) is 16.8 Å². The van der Waals surface area contributed by atoms with Gasteiger partial charge in [0, 0.05) is 58.0 Å². The van der Waals surface area contributed by atoms with Gasteiger partial charge in [-0.15, -0.1) is 0 Å². The standard InChI is InChI=1S/C19H30N4O/c1-16-5-4-6-18(17(16)2)22-13-9-21(10-14-22)15-19(24)23-11-7-20(3)8-12-23/h4-6H,7-15H2,1-3H3. The van der Waals surface area contributed by atoms with Crippen LogP contribution in [0.3, 0.4) is 0 Å². The summed E-state index contributed by atoms with van der Waals surface area (Å²) in [4.78, 5) is 21.6. The summed E-state index contributed by atoms with van der Waals surface area (Å²) in [5.74, 6) is 0.295. The first kappa shape index (κ1) is 17.2. The van der Waals surface area contributed by atoms with Gasteiger partial charge >= 0.3 is 0 Å². The van der Waals surface area contributed by atoms with E-state index in [9.17, 15) is 4.79 Å². The molecule has 0 aromatic heterocycles. The minimum Gasteiger partial charge on any atom is -0.369 e. The first-order valence-electron chi connectivity index (χ1n) is 9.04. The van der Waals surface area contributed by atoms with Crippen LogP contribution in [0.4, 0.5) is 5.69 Å². The van der Waals surface area contributed by atoms with E-state index in [-0.39, 0.29) is 0 Å². The molecule has 0 spiro atoms. The average molecular weight is 330 g/mol. The van der Waals surface area contributed by atoms with Crippen molar-refractivity contribution in [3.63, 3.8) is 0 Å². The molecule has 0 saturated carbocycles. The van der Waals surface area contributed by atoms with Crippen LogP contribution in [0.2, 0.25) is 0 Å².